The largest absolute Gasteiger partial charge is 0.343 e. The van der Waals surface area contributed by atoms with E-state index in [-0.39, 0.29) is 24.3 Å². The second kappa shape index (κ2) is 8.78. The van der Waals surface area contributed by atoms with Gasteiger partial charge in [-0.3, -0.25) is 14.4 Å². The second-order valence-corrected chi connectivity index (χ2v) is 7.27. The molecule has 3 amide bonds. The lowest BCUT2D eigenvalue weighted by atomic mass is 10.2. The molecule has 2 N–H and O–H groups in total. The summed E-state index contributed by atoms with van der Waals surface area (Å²) in [7, 11) is 1.84. The van der Waals surface area contributed by atoms with Crippen LogP contribution < -0.4 is 15.5 Å². The van der Waals surface area contributed by atoms with Crippen LogP contribution >= 0.6 is 0 Å². The Morgan fingerprint density at radius 1 is 1.13 bits per heavy atom. The van der Waals surface area contributed by atoms with E-state index in [0.29, 0.717) is 30.0 Å². The second-order valence-electron chi connectivity index (χ2n) is 7.27. The normalized spacial score (nSPS) is 13.3. The molecule has 1 fully saturated rings. The molecule has 0 saturated carbocycles. The number of rotatable bonds is 6. The molecule has 9 nitrogen and oxygen atoms in total. The SMILES string of the molecule is Cn1cnnc1-c1cccc(NC(=O)CNC(=O)c2ccc(N3CCCC3=O)cc2)c1. The van der Waals surface area contributed by atoms with Gasteiger partial charge in [-0.15, -0.1) is 10.2 Å². The number of aromatic nitrogens is 3. The Bertz CT molecular complexity index is 1120. The van der Waals surface area contributed by atoms with Crippen LogP contribution in [0.25, 0.3) is 11.4 Å². The summed E-state index contributed by atoms with van der Waals surface area (Å²) in [6, 6.07) is 14.0. The van der Waals surface area contributed by atoms with Crippen molar-refractivity contribution < 1.29 is 14.4 Å². The number of benzene rings is 2. The Balaban J connectivity index is 1.32. The lowest BCUT2D eigenvalue weighted by molar-refractivity contribution is -0.117. The summed E-state index contributed by atoms with van der Waals surface area (Å²) >= 11 is 0. The van der Waals surface area contributed by atoms with Gasteiger partial charge in [0.15, 0.2) is 5.82 Å². The van der Waals surface area contributed by atoms with Crippen LogP contribution in [-0.4, -0.2) is 45.6 Å². The lowest BCUT2D eigenvalue weighted by Gasteiger charge is -2.15. The molecular weight excluding hydrogens is 396 g/mol. The van der Waals surface area contributed by atoms with Crippen molar-refractivity contribution >= 4 is 29.1 Å². The van der Waals surface area contributed by atoms with Crippen molar-refractivity contribution in [2.75, 3.05) is 23.3 Å². The average molecular weight is 418 g/mol. The van der Waals surface area contributed by atoms with E-state index < -0.39 is 0 Å². The summed E-state index contributed by atoms with van der Waals surface area (Å²) in [4.78, 5) is 38.2. The molecule has 0 unspecified atom stereocenters. The fraction of sp³-hybridized carbons (Fsp3) is 0.227. The Kier molecular flexibility index (Phi) is 5.74. The molecule has 1 saturated heterocycles. The Labute approximate surface area is 179 Å². The Morgan fingerprint density at radius 2 is 1.94 bits per heavy atom. The molecule has 0 radical (unpaired) electrons. The van der Waals surface area contributed by atoms with Crippen LogP contribution in [0.4, 0.5) is 11.4 Å². The predicted octanol–water partition coefficient (Wildman–Crippen LogP) is 1.98. The third-order valence-electron chi connectivity index (χ3n) is 5.04. The molecule has 1 aliphatic rings. The quantitative estimate of drug-likeness (QED) is 0.636. The molecule has 31 heavy (non-hydrogen) atoms. The van der Waals surface area contributed by atoms with Gasteiger partial charge in [0.25, 0.3) is 5.91 Å². The number of hydrogen-bond donors (Lipinski definition) is 2. The molecule has 3 aromatic rings. The van der Waals surface area contributed by atoms with Gasteiger partial charge in [0.05, 0.1) is 6.54 Å². The van der Waals surface area contributed by atoms with Gasteiger partial charge in [0.1, 0.15) is 6.33 Å². The number of nitrogens with one attached hydrogen (secondary N) is 2. The molecule has 0 spiro atoms. The molecule has 158 valence electrons. The first kappa shape index (κ1) is 20.3. The zero-order chi connectivity index (χ0) is 21.8. The van der Waals surface area contributed by atoms with Crippen molar-refractivity contribution in [1.29, 1.82) is 0 Å². The summed E-state index contributed by atoms with van der Waals surface area (Å²) in [5, 5.41) is 13.3. The van der Waals surface area contributed by atoms with Crippen LogP contribution in [0.1, 0.15) is 23.2 Å². The minimum absolute atomic E-state index is 0.0946. The van der Waals surface area contributed by atoms with Gasteiger partial charge in [-0.05, 0) is 42.8 Å². The first-order valence-corrected chi connectivity index (χ1v) is 9.94. The maximum atomic E-state index is 12.4. The predicted molar refractivity (Wildman–Crippen MR) is 115 cm³/mol. The Morgan fingerprint density at radius 3 is 2.61 bits per heavy atom. The third-order valence-corrected chi connectivity index (χ3v) is 5.04. The fourth-order valence-corrected chi connectivity index (χ4v) is 3.46. The van der Waals surface area contributed by atoms with Crippen molar-refractivity contribution in [1.82, 2.24) is 20.1 Å². The van der Waals surface area contributed by atoms with E-state index in [0.717, 1.165) is 17.7 Å². The van der Waals surface area contributed by atoms with Gasteiger partial charge in [0, 0.05) is 42.5 Å². The van der Waals surface area contributed by atoms with Gasteiger partial charge in [-0.1, -0.05) is 12.1 Å². The topological polar surface area (TPSA) is 109 Å². The summed E-state index contributed by atoms with van der Waals surface area (Å²) in [6.45, 7) is 0.530. The van der Waals surface area contributed by atoms with Crippen LogP contribution in [0.15, 0.2) is 54.9 Å². The smallest absolute Gasteiger partial charge is 0.251 e. The van der Waals surface area contributed by atoms with Crippen molar-refractivity contribution in [3.05, 3.63) is 60.4 Å². The molecule has 2 aromatic carbocycles. The van der Waals surface area contributed by atoms with Gasteiger partial charge < -0.3 is 20.1 Å². The number of hydrogen-bond acceptors (Lipinski definition) is 5. The molecular formula is C22H22N6O3. The molecule has 0 aliphatic carbocycles. The fourth-order valence-electron chi connectivity index (χ4n) is 3.46. The highest BCUT2D eigenvalue weighted by molar-refractivity contribution is 6.00. The minimum Gasteiger partial charge on any atom is -0.343 e. The standard InChI is InChI=1S/C22H22N6O3/c1-27-14-24-26-21(27)16-4-2-5-17(12-16)25-19(29)13-23-22(31)15-7-9-18(10-8-15)28-11-3-6-20(28)30/h2,4-5,7-10,12,14H,3,6,11,13H2,1H3,(H,23,31)(H,25,29). The number of anilines is 2. The summed E-state index contributed by atoms with van der Waals surface area (Å²) in [5.41, 5.74) is 2.62. The van der Waals surface area contributed by atoms with E-state index in [2.05, 4.69) is 20.8 Å². The minimum atomic E-state index is -0.359. The highest BCUT2D eigenvalue weighted by atomic mass is 16.2. The van der Waals surface area contributed by atoms with E-state index in [9.17, 15) is 14.4 Å². The molecule has 0 bridgehead atoms. The zero-order valence-electron chi connectivity index (χ0n) is 17.0. The number of carbonyl (C=O) groups is 3. The number of amides is 3. The molecule has 9 heteroatoms. The third kappa shape index (κ3) is 4.61. The van der Waals surface area contributed by atoms with Gasteiger partial charge >= 0.3 is 0 Å². The van der Waals surface area contributed by atoms with Crippen LogP contribution in [0, 0.1) is 0 Å². The van der Waals surface area contributed by atoms with E-state index in [1.54, 1.807) is 52.2 Å². The van der Waals surface area contributed by atoms with Crippen LogP contribution in [0.5, 0.6) is 0 Å². The number of carbonyl (C=O) groups excluding carboxylic acids is 3. The summed E-state index contributed by atoms with van der Waals surface area (Å²) in [5.74, 6) is 0.0747. The van der Waals surface area contributed by atoms with Gasteiger partial charge in [-0.2, -0.15) is 0 Å². The lowest BCUT2D eigenvalue weighted by Crippen LogP contribution is -2.32. The Hall–Kier alpha value is -4.01. The molecule has 4 rings (SSSR count). The molecule has 1 aromatic heterocycles. The first-order chi connectivity index (χ1) is 15.0. The van der Waals surface area contributed by atoms with Crippen molar-refractivity contribution in [3.8, 4) is 11.4 Å². The number of aryl methyl sites for hydroxylation is 1. The zero-order valence-corrected chi connectivity index (χ0v) is 17.0. The molecule has 0 atom stereocenters. The van der Waals surface area contributed by atoms with Gasteiger partial charge in [-0.25, -0.2) is 0 Å². The van der Waals surface area contributed by atoms with E-state index in [1.165, 1.54) is 0 Å². The summed E-state index contributed by atoms with van der Waals surface area (Å²) < 4.78 is 1.78. The van der Waals surface area contributed by atoms with E-state index in [4.69, 9.17) is 0 Å². The van der Waals surface area contributed by atoms with E-state index in [1.807, 2.05) is 19.2 Å². The number of nitrogens with zero attached hydrogens (tertiary/aromatic N) is 4. The van der Waals surface area contributed by atoms with Gasteiger partial charge in [0.2, 0.25) is 11.8 Å². The van der Waals surface area contributed by atoms with Crippen molar-refractivity contribution in [2.45, 2.75) is 12.8 Å². The maximum Gasteiger partial charge on any atom is 0.251 e. The van der Waals surface area contributed by atoms with Crippen molar-refractivity contribution in [3.63, 3.8) is 0 Å². The van der Waals surface area contributed by atoms with Crippen LogP contribution in [-0.2, 0) is 16.6 Å². The highest BCUT2D eigenvalue weighted by Crippen LogP contribution is 2.22. The average Bonchev–Trinajstić information content (AvgIpc) is 3.40. The van der Waals surface area contributed by atoms with Crippen molar-refractivity contribution in [2.24, 2.45) is 7.05 Å². The monoisotopic (exact) mass is 418 g/mol. The molecule has 1 aliphatic heterocycles. The van der Waals surface area contributed by atoms with E-state index >= 15 is 0 Å². The van der Waals surface area contributed by atoms with Crippen LogP contribution in [0.3, 0.4) is 0 Å². The highest BCUT2D eigenvalue weighted by Gasteiger charge is 2.21. The summed E-state index contributed by atoms with van der Waals surface area (Å²) in [6.07, 6.45) is 3.00. The maximum absolute atomic E-state index is 12.4. The molecule has 2 heterocycles. The first-order valence-electron chi connectivity index (χ1n) is 9.94. The van der Waals surface area contributed by atoms with Crippen LogP contribution in [0.2, 0.25) is 0 Å².